The summed E-state index contributed by atoms with van der Waals surface area (Å²) < 4.78 is 18.3. The maximum Gasteiger partial charge on any atom is 0.416 e. The van der Waals surface area contributed by atoms with Crippen LogP contribution in [0.3, 0.4) is 0 Å². The van der Waals surface area contributed by atoms with Crippen LogP contribution < -0.4 is 4.90 Å². The predicted molar refractivity (Wildman–Crippen MR) is 67.1 cm³/mol. The highest BCUT2D eigenvalue weighted by molar-refractivity contribution is 5.90. The number of hydrogen-bond acceptors (Lipinski definition) is 3. The molecule has 1 atom stereocenters. The van der Waals surface area contributed by atoms with Gasteiger partial charge >= 0.3 is 6.09 Å². The third-order valence-electron chi connectivity index (χ3n) is 3.01. The van der Waals surface area contributed by atoms with Crippen LogP contribution in [-0.2, 0) is 9.53 Å². The molecule has 5 nitrogen and oxygen atoms in total. The largest absolute Gasteiger partial charge is 0.423 e. The third kappa shape index (κ3) is 2.67. The van der Waals surface area contributed by atoms with Gasteiger partial charge in [0.05, 0.1) is 12.2 Å². The zero-order valence-electron chi connectivity index (χ0n) is 10.8. The van der Waals surface area contributed by atoms with Gasteiger partial charge < -0.3 is 9.64 Å². The van der Waals surface area contributed by atoms with Gasteiger partial charge in [-0.25, -0.2) is 9.18 Å². The Labute approximate surface area is 110 Å². The molecule has 0 saturated carbocycles. The highest BCUT2D eigenvalue weighted by atomic mass is 19.1. The number of rotatable bonds is 3. The number of anilines is 1. The molecule has 1 saturated heterocycles. The summed E-state index contributed by atoms with van der Waals surface area (Å²) in [7, 11) is 0. The van der Waals surface area contributed by atoms with Crippen LogP contribution in [0.25, 0.3) is 0 Å². The monoisotopic (exact) mass is 266 g/mol. The Hall–Kier alpha value is -2.11. The van der Waals surface area contributed by atoms with Crippen molar-refractivity contribution in [2.75, 3.05) is 18.0 Å². The average Bonchev–Trinajstić information content (AvgIpc) is 2.71. The lowest BCUT2D eigenvalue weighted by molar-refractivity contribution is -0.136. The summed E-state index contributed by atoms with van der Waals surface area (Å²) in [5.74, 6) is -0.589. The fraction of sp³-hybridized carbons (Fsp3) is 0.385. The minimum absolute atomic E-state index is 0.165. The molecule has 1 aliphatic rings. The SMILES string of the molecule is CCN(C(C)=O)[C@@H]1CN(c2cccc(F)c2)C(=O)O1. The number of halogens is 1. The number of ether oxygens (including phenoxy) is 1. The van der Waals surface area contributed by atoms with Crippen LogP contribution in [0, 0.1) is 5.82 Å². The Kier molecular flexibility index (Phi) is 3.69. The molecule has 0 aromatic heterocycles. The molecule has 6 heteroatoms. The van der Waals surface area contributed by atoms with E-state index in [0.29, 0.717) is 12.2 Å². The number of benzene rings is 1. The first-order chi connectivity index (χ1) is 9.02. The molecule has 1 heterocycles. The molecule has 1 aromatic rings. The van der Waals surface area contributed by atoms with Gasteiger partial charge in [0.15, 0.2) is 6.23 Å². The minimum Gasteiger partial charge on any atom is -0.423 e. The third-order valence-corrected chi connectivity index (χ3v) is 3.01. The van der Waals surface area contributed by atoms with E-state index in [0.717, 1.165) is 0 Å². The van der Waals surface area contributed by atoms with Crippen LogP contribution >= 0.6 is 0 Å². The zero-order chi connectivity index (χ0) is 14.0. The number of amides is 2. The van der Waals surface area contributed by atoms with Crippen LogP contribution in [0.4, 0.5) is 14.9 Å². The van der Waals surface area contributed by atoms with E-state index in [4.69, 9.17) is 4.74 Å². The van der Waals surface area contributed by atoms with Crippen molar-refractivity contribution in [3.8, 4) is 0 Å². The predicted octanol–water partition coefficient (Wildman–Crippen LogP) is 1.98. The summed E-state index contributed by atoms with van der Waals surface area (Å²) in [5, 5.41) is 0. The normalized spacial score (nSPS) is 18.4. The standard InChI is InChI=1S/C13H15FN2O3/c1-3-15(9(2)17)12-8-16(13(18)19-12)11-6-4-5-10(14)7-11/h4-7,12H,3,8H2,1-2H3/t12-/m0/s1. The number of nitrogens with zero attached hydrogens (tertiary/aromatic N) is 2. The van der Waals surface area contributed by atoms with E-state index in [1.54, 1.807) is 13.0 Å². The van der Waals surface area contributed by atoms with Crippen molar-refractivity contribution in [3.05, 3.63) is 30.1 Å². The summed E-state index contributed by atoms with van der Waals surface area (Å²) >= 11 is 0. The van der Waals surface area contributed by atoms with Crippen LogP contribution in [0.2, 0.25) is 0 Å². The molecule has 0 spiro atoms. The van der Waals surface area contributed by atoms with E-state index in [1.807, 2.05) is 0 Å². The van der Waals surface area contributed by atoms with Crippen molar-refractivity contribution in [1.82, 2.24) is 4.90 Å². The smallest absolute Gasteiger partial charge is 0.416 e. The molecule has 102 valence electrons. The lowest BCUT2D eigenvalue weighted by Crippen LogP contribution is -2.41. The van der Waals surface area contributed by atoms with E-state index >= 15 is 0 Å². The van der Waals surface area contributed by atoms with Gasteiger partial charge in [0.1, 0.15) is 5.82 Å². The maximum atomic E-state index is 13.2. The fourth-order valence-electron chi connectivity index (χ4n) is 2.09. The second-order valence-corrected chi connectivity index (χ2v) is 4.23. The molecule has 0 N–H and O–H groups in total. The number of carbonyl (C=O) groups is 2. The van der Waals surface area contributed by atoms with Crippen molar-refractivity contribution >= 4 is 17.7 Å². The van der Waals surface area contributed by atoms with Crippen LogP contribution in [0.1, 0.15) is 13.8 Å². The topological polar surface area (TPSA) is 49.9 Å². The van der Waals surface area contributed by atoms with E-state index in [1.165, 1.54) is 34.9 Å². The summed E-state index contributed by atoms with van der Waals surface area (Å²) in [6, 6.07) is 5.70. The second kappa shape index (κ2) is 5.26. The van der Waals surface area contributed by atoms with Gasteiger partial charge in [-0.3, -0.25) is 9.69 Å². The van der Waals surface area contributed by atoms with Crippen LogP contribution in [0.5, 0.6) is 0 Å². The van der Waals surface area contributed by atoms with Gasteiger partial charge in [0, 0.05) is 13.5 Å². The lowest BCUT2D eigenvalue weighted by atomic mass is 10.3. The number of carbonyl (C=O) groups excluding carboxylic acids is 2. The van der Waals surface area contributed by atoms with E-state index in [-0.39, 0.29) is 12.5 Å². The fourth-order valence-corrected chi connectivity index (χ4v) is 2.09. The Morgan fingerprint density at radius 1 is 1.58 bits per heavy atom. The molecular weight excluding hydrogens is 251 g/mol. The highest BCUT2D eigenvalue weighted by Crippen LogP contribution is 2.23. The van der Waals surface area contributed by atoms with Gasteiger partial charge in [-0.15, -0.1) is 0 Å². The first-order valence-electron chi connectivity index (χ1n) is 6.04. The van der Waals surface area contributed by atoms with E-state index in [2.05, 4.69) is 0 Å². The van der Waals surface area contributed by atoms with Gasteiger partial charge in [0.25, 0.3) is 0 Å². The first kappa shape index (κ1) is 13.3. The summed E-state index contributed by atoms with van der Waals surface area (Å²) in [6.07, 6.45) is -1.20. The maximum absolute atomic E-state index is 13.2. The quantitative estimate of drug-likeness (QED) is 0.840. The molecule has 2 rings (SSSR count). The summed E-state index contributed by atoms with van der Waals surface area (Å²) in [5.41, 5.74) is 0.423. The molecule has 19 heavy (non-hydrogen) atoms. The molecule has 1 fully saturated rings. The molecule has 1 aromatic carbocycles. The molecule has 0 aliphatic carbocycles. The second-order valence-electron chi connectivity index (χ2n) is 4.23. The van der Waals surface area contributed by atoms with Crippen molar-refractivity contribution in [1.29, 1.82) is 0 Å². The molecule has 0 bridgehead atoms. The van der Waals surface area contributed by atoms with Crippen molar-refractivity contribution in [2.24, 2.45) is 0 Å². The van der Waals surface area contributed by atoms with Crippen molar-refractivity contribution in [3.63, 3.8) is 0 Å². The molecule has 1 aliphatic heterocycles. The molecular formula is C13H15FN2O3. The van der Waals surface area contributed by atoms with Crippen molar-refractivity contribution in [2.45, 2.75) is 20.1 Å². The lowest BCUT2D eigenvalue weighted by Gasteiger charge is -2.24. The van der Waals surface area contributed by atoms with E-state index < -0.39 is 18.1 Å². The Morgan fingerprint density at radius 2 is 2.32 bits per heavy atom. The van der Waals surface area contributed by atoms with E-state index in [9.17, 15) is 14.0 Å². The zero-order valence-corrected chi connectivity index (χ0v) is 10.8. The number of likely N-dealkylation sites (N-methyl/N-ethyl adjacent to an activating group) is 1. The number of cyclic esters (lactones) is 1. The van der Waals surface area contributed by atoms with Gasteiger partial charge in [-0.05, 0) is 25.1 Å². The van der Waals surface area contributed by atoms with Crippen LogP contribution in [0.15, 0.2) is 24.3 Å². The Balaban J connectivity index is 2.18. The Morgan fingerprint density at radius 3 is 2.89 bits per heavy atom. The first-order valence-corrected chi connectivity index (χ1v) is 6.04. The van der Waals surface area contributed by atoms with Crippen LogP contribution in [-0.4, -0.2) is 36.2 Å². The van der Waals surface area contributed by atoms with Gasteiger partial charge in [-0.1, -0.05) is 6.07 Å². The van der Waals surface area contributed by atoms with Crippen molar-refractivity contribution < 1.29 is 18.7 Å². The number of hydrogen-bond donors (Lipinski definition) is 0. The summed E-state index contributed by atoms with van der Waals surface area (Å²) in [6.45, 7) is 3.88. The van der Waals surface area contributed by atoms with Gasteiger partial charge in [-0.2, -0.15) is 0 Å². The molecule has 0 unspecified atom stereocenters. The Bertz CT molecular complexity index is 506. The highest BCUT2D eigenvalue weighted by Gasteiger charge is 2.36. The average molecular weight is 266 g/mol. The van der Waals surface area contributed by atoms with Gasteiger partial charge in [0.2, 0.25) is 5.91 Å². The molecule has 2 amide bonds. The summed E-state index contributed by atoms with van der Waals surface area (Å²) in [4.78, 5) is 26.0. The molecule has 0 radical (unpaired) electrons. The minimum atomic E-state index is -0.627.